The molecule has 0 saturated carbocycles. The van der Waals surface area contributed by atoms with E-state index in [0.717, 1.165) is 37.4 Å². The lowest BCUT2D eigenvalue weighted by molar-refractivity contribution is 0.410. The smallest absolute Gasteiger partial charge is 0.153 e. The highest BCUT2D eigenvalue weighted by Crippen LogP contribution is 2.31. The summed E-state index contributed by atoms with van der Waals surface area (Å²) in [5.74, 6) is 1.84. The standard InChI is InChI=1S/C22H26N4O/c1-15-16(2)21(27-3)11-10-17(15)13-24-19-7-6-8-20-18(19)14-25-26(20)22-9-4-5-12-23-22/h4-5,9-12,14,19,24H,6-8,13H2,1-3H3. The molecule has 4 rings (SSSR count). The van der Waals surface area contributed by atoms with Gasteiger partial charge in [-0.25, -0.2) is 9.67 Å². The molecule has 1 unspecified atom stereocenters. The van der Waals surface area contributed by atoms with Crippen molar-refractivity contribution in [2.75, 3.05) is 7.11 Å². The fraction of sp³-hybridized carbons (Fsp3) is 0.364. The van der Waals surface area contributed by atoms with Crippen LogP contribution in [0, 0.1) is 13.8 Å². The van der Waals surface area contributed by atoms with Crippen LogP contribution in [0.5, 0.6) is 5.75 Å². The molecule has 0 aliphatic heterocycles. The van der Waals surface area contributed by atoms with Gasteiger partial charge in [-0.15, -0.1) is 0 Å². The first kappa shape index (κ1) is 17.7. The summed E-state index contributed by atoms with van der Waals surface area (Å²) in [5.41, 5.74) is 6.40. The summed E-state index contributed by atoms with van der Waals surface area (Å²) in [4.78, 5) is 4.45. The van der Waals surface area contributed by atoms with Crippen molar-refractivity contribution in [3.05, 3.63) is 70.7 Å². The van der Waals surface area contributed by atoms with E-state index >= 15 is 0 Å². The molecule has 5 nitrogen and oxygen atoms in total. The summed E-state index contributed by atoms with van der Waals surface area (Å²) in [6, 6.07) is 10.5. The number of hydrogen-bond donors (Lipinski definition) is 1. The summed E-state index contributed by atoms with van der Waals surface area (Å²) in [6.45, 7) is 5.13. The molecule has 0 spiro atoms. The number of aromatic nitrogens is 3. The third kappa shape index (κ3) is 3.35. The number of nitrogens with zero attached hydrogens (tertiary/aromatic N) is 3. The number of ether oxygens (including phenoxy) is 1. The van der Waals surface area contributed by atoms with Gasteiger partial charge in [0.25, 0.3) is 0 Å². The molecule has 1 N–H and O–H groups in total. The minimum atomic E-state index is 0.327. The summed E-state index contributed by atoms with van der Waals surface area (Å²) in [7, 11) is 1.72. The third-order valence-corrected chi connectivity index (χ3v) is 5.66. The fourth-order valence-electron chi connectivity index (χ4n) is 3.94. The zero-order valence-corrected chi connectivity index (χ0v) is 16.2. The van der Waals surface area contributed by atoms with Gasteiger partial charge in [-0.1, -0.05) is 12.1 Å². The normalized spacial score (nSPS) is 16.2. The Morgan fingerprint density at radius 3 is 2.85 bits per heavy atom. The molecule has 1 atom stereocenters. The number of benzene rings is 1. The molecule has 27 heavy (non-hydrogen) atoms. The van der Waals surface area contributed by atoms with E-state index in [1.54, 1.807) is 7.11 Å². The molecule has 140 valence electrons. The van der Waals surface area contributed by atoms with E-state index in [-0.39, 0.29) is 0 Å². The molecular formula is C22H26N4O. The van der Waals surface area contributed by atoms with Gasteiger partial charge >= 0.3 is 0 Å². The monoisotopic (exact) mass is 362 g/mol. The Balaban J connectivity index is 1.55. The van der Waals surface area contributed by atoms with Gasteiger partial charge in [0.2, 0.25) is 0 Å². The number of nitrogens with one attached hydrogen (secondary N) is 1. The van der Waals surface area contributed by atoms with E-state index in [0.29, 0.717) is 6.04 Å². The Morgan fingerprint density at radius 1 is 1.19 bits per heavy atom. The maximum atomic E-state index is 5.43. The SMILES string of the molecule is COc1ccc(CNC2CCCc3c2cnn3-c2ccccn2)c(C)c1C. The van der Waals surface area contributed by atoms with Crippen molar-refractivity contribution < 1.29 is 4.74 Å². The summed E-state index contributed by atoms with van der Waals surface area (Å²) in [6.07, 6.45) is 7.16. The highest BCUT2D eigenvalue weighted by Gasteiger charge is 2.25. The van der Waals surface area contributed by atoms with E-state index in [9.17, 15) is 0 Å². The zero-order chi connectivity index (χ0) is 18.8. The summed E-state index contributed by atoms with van der Waals surface area (Å²) >= 11 is 0. The Labute approximate surface area is 160 Å². The Kier molecular flexibility index (Phi) is 4.94. The molecule has 1 aromatic carbocycles. The number of rotatable bonds is 5. The fourth-order valence-corrected chi connectivity index (χ4v) is 3.94. The van der Waals surface area contributed by atoms with Crippen LogP contribution in [0.15, 0.2) is 42.7 Å². The van der Waals surface area contributed by atoms with Gasteiger partial charge < -0.3 is 10.1 Å². The second-order valence-electron chi connectivity index (χ2n) is 7.15. The molecule has 3 aromatic rings. The second kappa shape index (κ2) is 7.53. The zero-order valence-electron chi connectivity index (χ0n) is 16.2. The molecule has 1 aliphatic rings. The van der Waals surface area contributed by atoms with Crippen LogP contribution < -0.4 is 10.1 Å². The highest BCUT2D eigenvalue weighted by atomic mass is 16.5. The summed E-state index contributed by atoms with van der Waals surface area (Å²) in [5, 5.41) is 8.38. The minimum absolute atomic E-state index is 0.327. The van der Waals surface area contributed by atoms with Crippen molar-refractivity contribution in [2.24, 2.45) is 0 Å². The molecule has 5 heteroatoms. The van der Waals surface area contributed by atoms with Gasteiger partial charge in [0.15, 0.2) is 5.82 Å². The van der Waals surface area contributed by atoms with E-state index in [1.165, 1.54) is 27.9 Å². The first-order valence-electron chi connectivity index (χ1n) is 9.53. The average molecular weight is 362 g/mol. The quantitative estimate of drug-likeness (QED) is 0.744. The molecule has 1 aliphatic carbocycles. The van der Waals surface area contributed by atoms with E-state index < -0.39 is 0 Å². The van der Waals surface area contributed by atoms with Crippen LogP contribution in [-0.2, 0) is 13.0 Å². The van der Waals surface area contributed by atoms with Crippen molar-refractivity contribution >= 4 is 0 Å². The lowest BCUT2D eigenvalue weighted by atomic mass is 9.92. The first-order valence-corrected chi connectivity index (χ1v) is 9.53. The third-order valence-electron chi connectivity index (χ3n) is 5.66. The largest absolute Gasteiger partial charge is 0.496 e. The van der Waals surface area contributed by atoms with Gasteiger partial charge in [-0.3, -0.25) is 0 Å². The molecule has 2 heterocycles. The molecule has 0 saturated heterocycles. The molecule has 2 aromatic heterocycles. The van der Waals surface area contributed by atoms with E-state index in [2.05, 4.69) is 41.4 Å². The van der Waals surface area contributed by atoms with Crippen LogP contribution in [0.2, 0.25) is 0 Å². The van der Waals surface area contributed by atoms with Gasteiger partial charge in [0.1, 0.15) is 5.75 Å². The molecule has 0 amide bonds. The Hall–Kier alpha value is -2.66. The number of methoxy groups -OCH3 is 1. The van der Waals surface area contributed by atoms with Crippen LogP contribution in [-0.4, -0.2) is 21.9 Å². The van der Waals surface area contributed by atoms with Gasteiger partial charge in [0.05, 0.1) is 19.0 Å². The molecule has 0 bridgehead atoms. The van der Waals surface area contributed by atoms with Crippen LogP contribution in [0.4, 0.5) is 0 Å². The van der Waals surface area contributed by atoms with Crippen molar-refractivity contribution in [1.29, 1.82) is 0 Å². The molecule has 0 fully saturated rings. The maximum absolute atomic E-state index is 5.43. The summed E-state index contributed by atoms with van der Waals surface area (Å²) < 4.78 is 7.42. The lowest BCUT2D eigenvalue weighted by Crippen LogP contribution is -2.25. The van der Waals surface area contributed by atoms with Gasteiger partial charge in [-0.2, -0.15) is 5.10 Å². The van der Waals surface area contributed by atoms with Crippen LogP contribution in [0.25, 0.3) is 5.82 Å². The number of hydrogen-bond acceptors (Lipinski definition) is 4. The Bertz CT molecular complexity index is 933. The minimum Gasteiger partial charge on any atom is -0.496 e. The Morgan fingerprint density at radius 2 is 2.07 bits per heavy atom. The van der Waals surface area contributed by atoms with Gasteiger partial charge in [0, 0.05) is 24.3 Å². The highest BCUT2D eigenvalue weighted by molar-refractivity contribution is 5.43. The lowest BCUT2D eigenvalue weighted by Gasteiger charge is -2.25. The van der Waals surface area contributed by atoms with Crippen molar-refractivity contribution in [1.82, 2.24) is 20.1 Å². The maximum Gasteiger partial charge on any atom is 0.153 e. The van der Waals surface area contributed by atoms with E-state index in [4.69, 9.17) is 4.74 Å². The number of pyridine rings is 1. The van der Waals surface area contributed by atoms with Crippen LogP contribution in [0.1, 0.15) is 46.8 Å². The number of fused-ring (bicyclic) bond motifs is 1. The predicted molar refractivity (Wildman–Crippen MR) is 106 cm³/mol. The molecular weight excluding hydrogens is 336 g/mol. The van der Waals surface area contributed by atoms with Gasteiger partial charge in [-0.05, 0) is 68.0 Å². The van der Waals surface area contributed by atoms with Crippen molar-refractivity contribution in [2.45, 2.75) is 45.7 Å². The second-order valence-corrected chi connectivity index (χ2v) is 7.15. The average Bonchev–Trinajstić information content (AvgIpc) is 3.14. The predicted octanol–water partition coefficient (Wildman–Crippen LogP) is 4.06. The topological polar surface area (TPSA) is 52.0 Å². The van der Waals surface area contributed by atoms with Crippen LogP contribution in [0.3, 0.4) is 0 Å². The van der Waals surface area contributed by atoms with Crippen molar-refractivity contribution in [3.8, 4) is 11.6 Å². The van der Waals surface area contributed by atoms with Crippen LogP contribution >= 0.6 is 0 Å². The van der Waals surface area contributed by atoms with Crippen molar-refractivity contribution in [3.63, 3.8) is 0 Å². The molecule has 0 radical (unpaired) electrons. The van der Waals surface area contributed by atoms with E-state index in [1.807, 2.05) is 35.3 Å². The first-order chi connectivity index (χ1) is 13.2.